The van der Waals surface area contributed by atoms with E-state index in [0.29, 0.717) is 5.92 Å². The lowest BCUT2D eigenvalue weighted by molar-refractivity contribution is 0.552. The predicted octanol–water partition coefficient (Wildman–Crippen LogP) is 4.71. The van der Waals surface area contributed by atoms with Gasteiger partial charge in [-0.2, -0.15) is 0 Å². The zero-order valence-corrected chi connectivity index (χ0v) is 14.1. The second-order valence-electron chi connectivity index (χ2n) is 5.80. The molecule has 0 aromatic heterocycles. The number of halogens is 1. The first-order valence-corrected chi connectivity index (χ1v) is 8.20. The monoisotopic (exact) mass is 296 g/mol. The zero-order chi connectivity index (χ0) is 15.0. The van der Waals surface area contributed by atoms with E-state index in [-0.39, 0.29) is 0 Å². The maximum atomic E-state index is 6.47. The molecule has 0 saturated heterocycles. The summed E-state index contributed by atoms with van der Waals surface area (Å²) in [5.74, 6) is 0.675. The van der Waals surface area contributed by atoms with E-state index in [1.165, 1.54) is 11.3 Å². The van der Waals surface area contributed by atoms with Gasteiger partial charge >= 0.3 is 0 Å². The van der Waals surface area contributed by atoms with Crippen LogP contribution in [0.4, 0.5) is 5.69 Å². The number of hydrogen-bond acceptors (Lipinski definition) is 2. The van der Waals surface area contributed by atoms with Gasteiger partial charge in [0, 0.05) is 19.6 Å². The average molecular weight is 297 g/mol. The molecule has 0 heterocycles. The van der Waals surface area contributed by atoms with Crippen molar-refractivity contribution in [2.45, 2.75) is 47.1 Å². The number of anilines is 1. The molecule has 0 spiro atoms. The lowest BCUT2D eigenvalue weighted by Gasteiger charge is -2.25. The SMILES string of the molecule is CCCN(CCC)c1ccc(CNCC(C)C)cc1Cl. The van der Waals surface area contributed by atoms with Gasteiger partial charge in [-0.25, -0.2) is 0 Å². The van der Waals surface area contributed by atoms with E-state index in [2.05, 4.69) is 56.1 Å². The first kappa shape index (κ1) is 17.3. The molecule has 3 heteroatoms. The summed E-state index contributed by atoms with van der Waals surface area (Å²) in [6.45, 7) is 12.9. The Morgan fingerprint density at radius 2 is 1.80 bits per heavy atom. The first-order chi connectivity index (χ1) is 9.58. The van der Waals surface area contributed by atoms with Crippen molar-refractivity contribution in [3.8, 4) is 0 Å². The van der Waals surface area contributed by atoms with Gasteiger partial charge in [-0.05, 0) is 43.0 Å². The van der Waals surface area contributed by atoms with Gasteiger partial charge in [-0.15, -0.1) is 0 Å². The highest BCUT2D eigenvalue weighted by molar-refractivity contribution is 6.33. The zero-order valence-electron chi connectivity index (χ0n) is 13.4. The maximum Gasteiger partial charge on any atom is 0.0642 e. The molecule has 0 aliphatic rings. The van der Waals surface area contributed by atoms with Crippen molar-refractivity contribution in [3.05, 3.63) is 28.8 Å². The van der Waals surface area contributed by atoms with Crippen molar-refractivity contribution >= 4 is 17.3 Å². The van der Waals surface area contributed by atoms with Gasteiger partial charge in [0.15, 0.2) is 0 Å². The molecule has 1 N–H and O–H groups in total. The number of benzene rings is 1. The van der Waals surface area contributed by atoms with Crippen LogP contribution in [-0.4, -0.2) is 19.6 Å². The summed E-state index contributed by atoms with van der Waals surface area (Å²) in [5, 5.41) is 4.33. The quantitative estimate of drug-likeness (QED) is 0.710. The number of hydrogen-bond donors (Lipinski definition) is 1. The maximum absolute atomic E-state index is 6.47. The van der Waals surface area contributed by atoms with E-state index in [0.717, 1.165) is 44.0 Å². The summed E-state index contributed by atoms with van der Waals surface area (Å²) in [6.07, 6.45) is 2.29. The average Bonchev–Trinajstić information content (AvgIpc) is 2.38. The molecule has 0 aliphatic heterocycles. The third-order valence-electron chi connectivity index (χ3n) is 3.22. The Labute approximate surface area is 129 Å². The predicted molar refractivity (Wildman–Crippen MR) is 90.8 cm³/mol. The Morgan fingerprint density at radius 3 is 2.30 bits per heavy atom. The van der Waals surface area contributed by atoms with Crippen molar-refractivity contribution in [2.24, 2.45) is 5.92 Å². The molecule has 0 saturated carbocycles. The topological polar surface area (TPSA) is 15.3 Å². The van der Waals surface area contributed by atoms with Gasteiger partial charge in [0.05, 0.1) is 10.7 Å². The van der Waals surface area contributed by atoms with E-state index < -0.39 is 0 Å². The molecule has 0 bridgehead atoms. The smallest absolute Gasteiger partial charge is 0.0642 e. The van der Waals surface area contributed by atoms with Crippen LogP contribution in [-0.2, 0) is 6.54 Å². The third-order valence-corrected chi connectivity index (χ3v) is 3.52. The Hall–Kier alpha value is -0.730. The largest absolute Gasteiger partial charge is 0.370 e. The first-order valence-electron chi connectivity index (χ1n) is 7.82. The van der Waals surface area contributed by atoms with Crippen molar-refractivity contribution in [1.82, 2.24) is 5.32 Å². The standard InChI is InChI=1S/C17H29ClN2/c1-5-9-20(10-6-2)17-8-7-15(11-16(17)18)13-19-12-14(3)4/h7-8,11,14,19H,5-6,9-10,12-13H2,1-4H3. The van der Waals surface area contributed by atoms with Crippen LogP contribution in [0.3, 0.4) is 0 Å². The molecular formula is C17H29ClN2. The van der Waals surface area contributed by atoms with Crippen LogP contribution in [0.5, 0.6) is 0 Å². The minimum atomic E-state index is 0.675. The molecule has 1 aromatic rings. The molecule has 114 valence electrons. The molecule has 1 aromatic carbocycles. The van der Waals surface area contributed by atoms with E-state index in [1.54, 1.807) is 0 Å². The second-order valence-corrected chi connectivity index (χ2v) is 6.20. The summed E-state index contributed by atoms with van der Waals surface area (Å²) >= 11 is 6.47. The molecule has 0 unspecified atom stereocenters. The summed E-state index contributed by atoms with van der Waals surface area (Å²) in [5.41, 5.74) is 2.43. The van der Waals surface area contributed by atoms with Gasteiger partial charge < -0.3 is 10.2 Å². The summed E-state index contributed by atoms with van der Waals surface area (Å²) < 4.78 is 0. The van der Waals surface area contributed by atoms with Gasteiger partial charge in [-0.1, -0.05) is 45.4 Å². The number of nitrogens with one attached hydrogen (secondary N) is 1. The van der Waals surface area contributed by atoms with Crippen LogP contribution in [0.15, 0.2) is 18.2 Å². The van der Waals surface area contributed by atoms with Gasteiger partial charge in [0.2, 0.25) is 0 Å². The minimum absolute atomic E-state index is 0.675. The normalized spacial score (nSPS) is 11.1. The van der Waals surface area contributed by atoms with Crippen LogP contribution in [0.2, 0.25) is 5.02 Å². The fourth-order valence-electron chi connectivity index (χ4n) is 2.31. The summed E-state index contributed by atoms with van der Waals surface area (Å²) in [6, 6.07) is 6.45. The van der Waals surface area contributed by atoms with Gasteiger partial charge in [0.25, 0.3) is 0 Å². The van der Waals surface area contributed by atoms with E-state index in [9.17, 15) is 0 Å². The molecule has 0 fully saturated rings. The molecule has 20 heavy (non-hydrogen) atoms. The Morgan fingerprint density at radius 1 is 1.15 bits per heavy atom. The third kappa shape index (κ3) is 5.72. The van der Waals surface area contributed by atoms with E-state index in [1.807, 2.05) is 0 Å². The van der Waals surface area contributed by atoms with E-state index >= 15 is 0 Å². The van der Waals surface area contributed by atoms with Crippen LogP contribution >= 0.6 is 11.6 Å². The van der Waals surface area contributed by atoms with Crippen LogP contribution in [0.1, 0.15) is 46.1 Å². The van der Waals surface area contributed by atoms with Crippen LogP contribution in [0, 0.1) is 5.92 Å². The van der Waals surface area contributed by atoms with Crippen molar-refractivity contribution < 1.29 is 0 Å². The van der Waals surface area contributed by atoms with E-state index in [4.69, 9.17) is 11.6 Å². The second kappa shape index (κ2) is 9.25. The lowest BCUT2D eigenvalue weighted by Crippen LogP contribution is -2.25. The fourth-order valence-corrected chi connectivity index (χ4v) is 2.64. The number of nitrogens with zero attached hydrogens (tertiary/aromatic N) is 1. The minimum Gasteiger partial charge on any atom is -0.370 e. The summed E-state index contributed by atoms with van der Waals surface area (Å²) in [7, 11) is 0. The molecule has 0 amide bonds. The molecule has 0 atom stereocenters. The van der Waals surface area contributed by atoms with Gasteiger partial charge in [-0.3, -0.25) is 0 Å². The van der Waals surface area contributed by atoms with Crippen molar-refractivity contribution in [1.29, 1.82) is 0 Å². The Kier molecular flexibility index (Phi) is 8.01. The highest BCUT2D eigenvalue weighted by atomic mass is 35.5. The Balaban J connectivity index is 2.70. The summed E-state index contributed by atoms with van der Waals surface area (Å²) in [4.78, 5) is 2.38. The molecule has 0 aliphatic carbocycles. The molecular weight excluding hydrogens is 268 g/mol. The molecule has 1 rings (SSSR count). The van der Waals surface area contributed by atoms with Crippen molar-refractivity contribution in [2.75, 3.05) is 24.5 Å². The highest BCUT2D eigenvalue weighted by Crippen LogP contribution is 2.27. The van der Waals surface area contributed by atoms with Crippen LogP contribution in [0.25, 0.3) is 0 Å². The molecule has 2 nitrogen and oxygen atoms in total. The van der Waals surface area contributed by atoms with Crippen LogP contribution < -0.4 is 10.2 Å². The Bertz CT molecular complexity index is 385. The molecule has 0 radical (unpaired) electrons. The highest BCUT2D eigenvalue weighted by Gasteiger charge is 2.09. The number of rotatable bonds is 9. The fraction of sp³-hybridized carbons (Fsp3) is 0.647. The van der Waals surface area contributed by atoms with Crippen molar-refractivity contribution in [3.63, 3.8) is 0 Å². The lowest BCUT2D eigenvalue weighted by atomic mass is 10.1. The van der Waals surface area contributed by atoms with Gasteiger partial charge in [0.1, 0.15) is 0 Å².